The van der Waals surface area contributed by atoms with E-state index in [0.717, 1.165) is 25.8 Å². The van der Waals surface area contributed by atoms with Crippen LogP contribution in [0, 0.1) is 0 Å². The number of alkyl halides is 3. The minimum atomic E-state index is -4.29. The summed E-state index contributed by atoms with van der Waals surface area (Å²) in [4.78, 5) is 1.86. The number of anilines is 1. The highest BCUT2D eigenvalue weighted by molar-refractivity contribution is 5.55. The molecule has 2 rings (SSSR count). The Morgan fingerprint density at radius 1 is 1.30 bits per heavy atom. The third-order valence-electron chi connectivity index (χ3n) is 3.65. The second-order valence-corrected chi connectivity index (χ2v) is 5.25. The van der Waals surface area contributed by atoms with Crippen LogP contribution in [0.25, 0.3) is 0 Å². The first-order valence-electron chi connectivity index (χ1n) is 7.17. The molecule has 0 amide bonds. The molecule has 1 aromatic rings. The average Bonchev–Trinajstić information content (AvgIpc) is 2.44. The van der Waals surface area contributed by atoms with Gasteiger partial charge in [-0.05, 0) is 37.9 Å². The molecule has 1 saturated heterocycles. The van der Waals surface area contributed by atoms with Crippen LogP contribution >= 0.6 is 0 Å². The number of benzene rings is 1. The zero-order chi connectivity index (χ0) is 14.6. The van der Waals surface area contributed by atoms with Gasteiger partial charge in [-0.15, -0.1) is 0 Å². The molecule has 5 heteroatoms. The first-order valence-corrected chi connectivity index (χ1v) is 7.17. The molecule has 1 atom stereocenters. The van der Waals surface area contributed by atoms with Crippen LogP contribution in [0.3, 0.4) is 0 Å². The van der Waals surface area contributed by atoms with Gasteiger partial charge in [-0.25, -0.2) is 0 Å². The third kappa shape index (κ3) is 3.66. The maximum Gasteiger partial charge on any atom is 0.418 e. The topological polar surface area (TPSA) is 15.3 Å². The number of hydrogen-bond acceptors (Lipinski definition) is 2. The second kappa shape index (κ2) is 6.48. The van der Waals surface area contributed by atoms with Crippen LogP contribution in [0.5, 0.6) is 0 Å². The first-order chi connectivity index (χ1) is 9.52. The van der Waals surface area contributed by atoms with E-state index in [1.54, 1.807) is 12.1 Å². The molecule has 1 unspecified atom stereocenters. The highest BCUT2D eigenvalue weighted by atomic mass is 19.4. The van der Waals surface area contributed by atoms with Crippen molar-refractivity contribution in [2.75, 3.05) is 24.5 Å². The van der Waals surface area contributed by atoms with Crippen LogP contribution in [-0.4, -0.2) is 25.7 Å². The normalized spacial score (nSPS) is 20.2. The molecule has 1 aromatic carbocycles. The van der Waals surface area contributed by atoms with E-state index < -0.39 is 11.7 Å². The Morgan fingerprint density at radius 2 is 2.05 bits per heavy atom. The number of para-hydroxylation sites is 1. The lowest BCUT2D eigenvalue weighted by atomic mass is 10.0. The van der Waals surface area contributed by atoms with Gasteiger partial charge in [0.25, 0.3) is 0 Å². The molecule has 1 N–H and O–H groups in total. The van der Waals surface area contributed by atoms with Crippen molar-refractivity contribution in [2.45, 2.75) is 38.4 Å². The summed E-state index contributed by atoms with van der Waals surface area (Å²) in [5.74, 6) is 0. The molecule has 1 fully saturated rings. The van der Waals surface area contributed by atoms with Crippen molar-refractivity contribution in [3.05, 3.63) is 29.8 Å². The van der Waals surface area contributed by atoms with Crippen LogP contribution in [0.2, 0.25) is 0 Å². The van der Waals surface area contributed by atoms with Crippen LogP contribution in [0.15, 0.2) is 24.3 Å². The number of nitrogens with one attached hydrogen (secondary N) is 1. The Kier molecular flexibility index (Phi) is 4.91. The largest absolute Gasteiger partial charge is 0.418 e. The summed E-state index contributed by atoms with van der Waals surface area (Å²) in [5, 5.41) is 3.41. The van der Waals surface area contributed by atoms with Crippen LogP contribution in [0.1, 0.15) is 31.7 Å². The Hall–Kier alpha value is -1.23. The fourth-order valence-corrected chi connectivity index (χ4v) is 2.70. The maximum atomic E-state index is 13.1. The Morgan fingerprint density at radius 3 is 2.75 bits per heavy atom. The zero-order valence-corrected chi connectivity index (χ0v) is 11.7. The number of rotatable bonds is 4. The lowest BCUT2D eigenvalue weighted by Crippen LogP contribution is -2.46. The van der Waals surface area contributed by atoms with Gasteiger partial charge in [0.2, 0.25) is 0 Å². The van der Waals surface area contributed by atoms with E-state index in [2.05, 4.69) is 12.2 Å². The van der Waals surface area contributed by atoms with Gasteiger partial charge < -0.3 is 10.2 Å². The number of nitrogens with zero attached hydrogens (tertiary/aromatic N) is 1. The smallest absolute Gasteiger partial charge is 0.369 e. The number of piperidine rings is 1. The minimum Gasteiger partial charge on any atom is -0.369 e. The molecule has 112 valence electrons. The van der Waals surface area contributed by atoms with E-state index in [0.29, 0.717) is 18.8 Å². The summed E-state index contributed by atoms with van der Waals surface area (Å²) in [7, 11) is 0. The standard InChI is InChI=1S/C15H21F3N2/c1-2-9-19-12-6-5-10-20(11-12)14-8-4-3-7-13(14)15(16,17)18/h3-4,7-8,12,19H,2,5-6,9-11H2,1H3. The summed E-state index contributed by atoms with van der Waals surface area (Å²) in [5.41, 5.74) is -0.223. The van der Waals surface area contributed by atoms with Gasteiger partial charge in [-0.2, -0.15) is 13.2 Å². The third-order valence-corrected chi connectivity index (χ3v) is 3.65. The van der Waals surface area contributed by atoms with E-state index in [-0.39, 0.29) is 6.04 Å². The van der Waals surface area contributed by atoms with Crippen molar-refractivity contribution in [1.29, 1.82) is 0 Å². The highest BCUT2D eigenvalue weighted by Gasteiger charge is 2.35. The highest BCUT2D eigenvalue weighted by Crippen LogP contribution is 2.37. The molecule has 1 heterocycles. The summed E-state index contributed by atoms with van der Waals surface area (Å²) >= 11 is 0. The molecule has 1 aliphatic rings. The minimum absolute atomic E-state index is 0.282. The molecular weight excluding hydrogens is 265 g/mol. The molecule has 0 spiro atoms. The van der Waals surface area contributed by atoms with Crippen molar-refractivity contribution >= 4 is 5.69 Å². The van der Waals surface area contributed by atoms with Crippen LogP contribution < -0.4 is 10.2 Å². The van der Waals surface area contributed by atoms with Gasteiger partial charge >= 0.3 is 6.18 Å². The van der Waals surface area contributed by atoms with Gasteiger partial charge in [-0.3, -0.25) is 0 Å². The van der Waals surface area contributed by atoms with Gasteiger partial charge in [0, 0.05) is 24.8 Å². The molecule has 20 heavy (non-hydrogen) atoms. The lowest BCUT2D eigenvalue weighted by Gasteiger charge is -2.36. The number of hydrogen-bond donors (Lipinski definition) is 1. The quantitative estimate of drug-likeness (QED) is 0.908. The van der Waals surface area contributed by atoms with E-state index in [4.69, 9.17) is 0 Å². The molecule has 1 aliphatic heterocycles. The zero-order valence-electron chi connectivity index (χ0n) is 11.7. The number of halogens is 3. The summed E-state index contributed by atoms with van der Waals surface area (Å²) in [6.07, 6.45) is -1.30. The van der Waals surface area contributed by atoms with Crippen LogP contribution in [0.4, 0.5) is 18.9 Å². The average molecular weight is 286 g/mol. The summed E-state index contributed by atoms with van der Waals surface area (Å²) < 4.78 is 39.2. The molecule has 0 bridgehead atoms. The van der Waals surface area contributed by atoms with Gasteiger partial charge in [-0.1, -0.05) is 19.1 Å². The van der Waals surface area contributed by atoms with E-state index in [1.807, 2.05) is 4.90 Å². The fourth-order valence-electron chi connectivity index (χ4n) is 2.70. The molecule has 0 saturated carbocycles. The molecular formula is C15H21F3N2. The van der Waals surface area contributed by atoms with Gasteiger partial charge in [0.15, 0.2) is 0 Å². The van der Waals surface area contributed by atoms with Crippen molar-refractivity contribution in [2.24, 2.45) is 0 Å². The molecule has 0 radical (unpaired) electrons. The van der Waals surface area contributed by atoms with Crippen molar-refractivity contribution in [1.82, 2.24) is 5.32 Å². The van der Waals surface area contributed by atoms with E-state index in [1.165, 1.54) is 12.1 Å². The Bertz CT molecular complexity index is 431. The van der Waals surface area contributed by atoms with Gasteiger partial charge in [0.1, 0.15) is 0 Å². The molecule has 0 aromatic heterocycles. The first kappa shape index (κ1) is 15.2. The molecule has 0 aliphatic carbocycles. The summed E-state index contributed by atoms with van der Waals surface area (Å²) in [6.45, 7) is 4.34. The van der Waals surface area contributed by atoms with Gasteiger partial charge in [0.05, 0.1) is 5.56 Å². The second-order valence-electron chi connectivity index (χ2n) is 5.25. The monoisotopic (exact) mass is 286 g/mol. The van der Waals surface area contributed by atoms with Crippen molar-refractivity contribution in [3.8, 4) is 0 Å². The maximum absolute atomic E-state index is 13.1. The molecule has 2 nitrogen and oxygen atoms in total. The Labute approximate surface area is 118 Å². The van der Waals surface area contributed by atoms with E-state index >= 15 is 0 Å². The predicted molar refractivity (Wildman–Crippen MR) is 75.0 cm³/mol. The van der Waals surface area contributed by atoms with Crippen molar-refractivity contribution < 1.29 is 13.2 Å². The van der Waals surface area contributed by atoms with Crippen LogP contribution in [-0.2, 0) is 6.18 Å². The van der Waals surface area contributed by atoms with E-state index in [9.17, 15) is 13.2 Å². The lowest BCUT2D eigenvalue weighted by molar-refractivity contribution is -0.137. The fraction of sp³-hybridized carbons (Fsp3) is 0.600. The Balaban J connectivity index is 2.15. The SMILES string of the molecule is CCCNC1CCCN(c2ccccc2C(F)(F)F)C1. The van der Waals surface area contributed by atoms with Crippen molar-refractivity contribution in [3.63, 3.8) is 0 Å². The predicted octanol–water partition coefficient (Wildman–Crippen LogP) is 3.67. The summed E-state index contributed by atoms with van der Waals surface area (Å²) in [6, 6.07) is 6.14.